The summed E-state index contributed by atoms with van der Waals surface area (Å²) in [5.41, 5.74) is -0.299. The van der Waals surface area contributed by atoms with E-state index in [1.807, 2.05) is 0 Å². The van der Waals surface area contributed by atoms with E-state index in [1.54, 1.807) is 0 Å². The third-order valence-corrected chi connectivity index (χ3v) is 1.22. The molecule has 0 radical (unpaired) electrons. The van der Waals surface area contributed by atoms with Crippen molar-refractivity contribution >= 4 is 11.8 Å². The van der Waals surface area contributed by atoms with Crippen molar-refractivity contribution in [3.8, 4) is 0 Å². The van der Waals surface area contributed by atoms with Gasteiger partial charge in [-0.3, -0.25) is 4.79 Å². The Morgan fingerprint density at radius 1 is 1.27 bits per heavy atom. The zero-order chi connectivity index (χ0) is 9.02. The van der Waals surface area contributed by atoms with Crippen LogP contribution in [0.1, 0.15) is 13.8 Å². The number of hydrogen-bond donors (Lipinski definition) is 1. The number of carbonyl (C=O) groups is 2. The van der Waals surface area contributed by atoms with Gasteiger partial charge in [0.2, 0.25) is 0 Å². The molecule has 0 amide bonds. The SMILES string of the molecule is CO/C(C)=C(/C(C)=O)C(=O)O. The van der Waals surface area contributed by atoms with Crippen LogP contribution in [0.5, 0.6) is 0 Å². The zero-order valence-corrected chi connectivity index (χ0v) is 6.67. The fourth-order valence-electron chi connectivity index (χ4n) is 0.651. The highest BCUT2D eigenvalue weighted by molar-refractivity contribution is 6.15. The van der Waals surface area contributed by atoms with E-state index < -0.39 is 11.8 Å². The van der Waals surface area contributed by atoms with Crippen molar-refractivity contribution in [1.82, 2.24) is 0 Å². The molecule has 0 aliphatic carbocycles. The first-order valence-electron chi connectivity index (χ1n) is 2.99. The first-order chi connectivity index (χ1) is 5.00. The molecule has 0 atom stereocenters. The lowest BCUT2D eigenvalue weighted by atomic mass is 10.1. The molecule has 0 aromatic heterocycles. The van der Waals surface area contributed by atoms with Crippen molar-refractivity contribution < 1.29 is 19.4 Å². The normalized spacial score (nSPS) is 11.9. The van der Waals surface area contributed by atoms with Gasteiger partial charge in [-0.25, -0.2) is 4.79 Å². The molecule has 0 rings (SSSR count). The van der Waals surface area contributed by atoms with Crippen molar-refractivity contribution in [2.45, 2.75) is 13.8 Å². The minimum atomic E-state index is -1.25. The van der Waals surface area contributed by atoms with Crippen molar-refractivity contribution in [3.63, 3.8) is 0 Å². The van der Waals surface area contributed by atoms with Gasteiger partial charge >= 0.3 is 5.97 Å². The number of rotatable bonds is 3. The second-order valence-electron chi connectivity index (χ2n) is 2.00. The summed E-state index contributed by atoms with van der Waals surface area (Å²) >= 11 is 0. The molecule has 0 unspecified atom stereocenters. The quantitative estimate of drug-likeness (QED) is 0.282. The maximum atomic E-state index is 10.7. The van der Waals surface area contributed by atoms with Crippen LogP contribution in [0.15, 0.2) is 11.3 Å². The second kappa shape index (κ2) is 3.75. The van der Waals surface area contributed by atoms with Crippen LogP contribution in [-0.4, -0.2) is 24.0 Å². The highest BCUT2D eigenvalue weighted by atomic mass is 16.5. The molecule has 4 heteroatoms. The number of carbonyl (C=O) groups excluding carboxylic acids is 1. The smallest absolute Gasteiger partial charge is 0.342 e. The molecule has 0 saturated carbocycles. The Labute approximate surface area is 64.5 Å². The van der Waals surface area contributed by atoms with Gasteiger partial charge in [0.25, 0.3) is 0 Å². The minimum absolute atomic E-state index is 0.130. The van der Waals surface area contributed by atoms with E-state index in [0.29, 0.717) is 0 Å². The van der Waals surface area contributed by atoms with Gasteiger partial charge in [0.05, 0.1) is 7.11 Å². The number of carboxylic acids is 1. The maximum absolute atomic E-state index is 10.7. The summed E-state index contributed by atoms with van der Waals surface area (Å²) in [5, 5.41) is 8.49. The number of allylic oxidation sites excluding steroid dienone is 1. The molecule has 0 aliphatic rings. The van der Waals surface area contributed by atoms with Crippen LogP contribution < -0.4 is 0 Å². The Morgan fingerprint density at radius 2 is 1.73 bits per heavy atom. The van der Waals surface area contributed by atoms with Gasteiger partial charge in [0.1, 0.15) is 11.3 Å². The highest BCUT2D eigenvalue weighted by Crippen LogP contribution is 2.05. The molecule has 0 fully saturated rings. The average Bonchev–Trinajstić information content (AvgIpc) is 1.85. The molecule has 0 aromatic carbocycles. The van der Waals surface area contributed by atoms with Gasteiger partial charge in [-0.15, -0.1) is 0 Å². The Kier molecular flexibility index (Phi) is 3.30. The first-order valence-corrected chi connectivity index (χ1v) is 2.99. The molecule has 0 aliphatic heterocycles. The molecule has 0 aromatic rings. The fraction of sp³-hybridized carbons (Fsp3) is 0.429. The predicted octanol–water partition coefficient (Wildman–Crippen LogP) is 0.580. The number of ether oxygens (including phenoxy) is 1. The summed E-state index contributed by atoms with van der Waals surface area (Å²) in [5.74, 6) is -1.63. The standard InChI is InChI=1S/C7H10O4/c1-4(8)6(7(9)10)5(2)11-3/h1-3H3,(H,9,10)/b6-5-. The molecular weight excluding hydrogens is 148 g/mol. The van der Waals surface area contributed by atoms with Gasteiger partial charge < -0.3 is 9.84 Å². The van der Waals surface area contributed by atoms with Gasteiger partial charge in [-0.05, 0) is 13.8 Å². The highest BCUT2D eigenvalue weighted by Gasteiger charge is 2.16. The first kappa shape index (κ1) is 9.68. The van der Waals surface area contributed by atoms with E-state index in [0.717, 1.165) is 0 Å². The summed E-state index contributed by atoms with van der Waals surface area (Å²) in [6.07, 6.45) is 0. The number of methoxy groups -OCH3 is 1. The van der Waals surface area contributed by atoms with E-state index in [9.17, 15) is 9.59 Å². The van der Waals surface area contributed by atoms with Crippen LogP contribution in [-0.2, 0) is 14.3 Å². The van der Waals surface area contributed by atoms with Crippen LogP contribution in [0.4, 0.5) is 0 Å². The Morgan fingerprint density at radius 3 is 1.82 bits per heavy atom. The Hall–Kier alpha value is -1.32. The van der Waals surface area contributed by atoms with Crippen LogP contribution in [0.25, 0.3) is 0 Å². The van der Waals surface area contributed by atoms with E-state index in [4.69, 9.17) is 5.11 Å². The number of carboxylic acid groups (broad SMARTS) is 1. The van der Waals surface area contributed by atoms with Crippen LogP contribution in [0, 0.1) is 0 Å². The predicted molar refractivity (Wildman–Crippen MR) is 38.0 cm³/mol. The molecule has 0 spiro atoms. The Balaban J connectivity index is 4.88. The number of ketones is 1. The maximum Gasteiger partial charge on any atom is 0.342 e. The lowest BCUT2D eigenvalue weighted by Crippen LogP contribution is -2.11. The van der Waals surface area contributed by atoms with E-state index >= 15 is 0 Å². The van der Waals surface area contributed by atoms with Crippen molar-refractivity contribution in [2.24, 2.45) is 0 Å². The lowest BCUT2D eigenvalue weighted by Gasteiger charge is -2.02. The summed E-state index contributed by atoms with van der Waals surface area (Å²) in [6, 6.07) is 0. The van der Waals surface area contributed by atoms with Crippen molar-refractivity contribution in [3.05, 3.63) is 11.3 Å². The average molecular weight is 158 g/mol. The summed E-state index contributed by atoms with van der Waals surface area (Å²) < 4.78 is 4.61. The van der Waals surface area contributed by atoms with Crippen LogP contribution >= 0.6 is 0 Å². The lowest BCUT2D eigenvalue weighted by molar-refractivity contribution is -0.134. The number of Topliss-reactive ketones (excluding diaryl/α,β-unsaturated/α-hetero) is 1. The van der Waals surface area contributed by atoms with Gasteiger partial charge in [0.15, 0.2) is 5.78 Å². The monoisotopic (exact) mass is 158 g/mol. The number of hydrogen-bond acceptors (Lipinski definition) is 3. The van der Waals surface area contributed by atoms with Crippen LogP contribution in [0.3, 0.4) is 0 Å². The van der Waals surface area contributed by atoms with E-state index in [2.05, 4.69) is 4.74 Å². The third kappa shape index (κ3) is 2.41. The molecular formula is C7H10O4. The Bertz CT molecular complexity index is 198. The molecule has 62 valence electrons. The summed E-state index contributed by atoms with van der Waals surface area (Å²) in [6.45, 7) is 2.62. The van der Waals surface area contributed by atoms with Crippen LogP contribution in [0.2, 0.25) is 0 Å². The van der Waals surface area contributed by atoms with Gasteiger partial charge in [-0.1, -0.05) is 0 Å². The van der Waals surface area contributed by atoms with Crippen molar-refractivity contribution in [2.75, 3.05) is 7.11 Å². The summed E-state index contributed by atoms with van der Waals surface area (Å²) in [4.78, 5) is 21.0. The van der Waals surface area contributed by atoms with Crippen molar-refractivity contribution in [1.29, 1.82) is 0 Å². The molecule has 0 bridgehead atoms. The topological polar surface area (TPSA) is 63.6 Å². The second-order valence-corrected chi connectivity index (χ2v) is 2.00. The molecule has 4 nitrogen and oxygen atoms in total. The number of aliphatic carboxylic acids is 1. The van der Waals surface area contributed by atoms with Gasteiger partial charge in [-0.2, -0.15) is 0 Å². The third-order valence-electron chi connectivity index (χ3n) is 1.22. The van der Waals surface area contributed by atoms with Gasteiger partial charge in [0, 0.05) is 0 Å². The van der Waals surface area contributed by atoms with E-state index in [1.165, 1.54) is 21.0 Å². The minimum Gasteiger partial charge on any atom is -0.500 e. The fourth-order valence-corrected chi connectivity index (χ4v) is 0.651. The summed E-state index contributed by atoms with van der Waals surface area (Å²) in [7, 11) is 1.32. The molecule has 11 heavy (non-hydrogen) atoms. The molecule has 0 saturated heterocycles. The molecule has 1 N–H and O–H groups in total. The van der Waals surface area contributed by atoms with E-state index in [-0.39, 0.29) is 11.3 Å². The molecule has 0 heterocycles. The largest absolute Gasteiger partial charge is 0.500 e. The zero-order valence-electron chi connectivity index (χ0n) is 6.67.